The Bertz CT molecular complexity index is 937. The number of benzene rings is 1. The first-order valence-electron chi connectivity index (χ1n) is 7.74. The second-order valence-corrected chi connectivity index (χ2v) is 6.57. The van der Waals surface area contributed by atoms with Gasteiger partial charge in [-0.15, -0.1) is 11.3 Å². The lowest BCUT2D eigenvalue weighted by Gasteiger charge is -2.11. The molecular formula is C17H17F2NO4S2. The third kappa shape index (κ3) is 5.63. The zero-order valence-corrected chi connectivity index (χ0v) is 15.7. The predicted octanol–water partition coefficient (Wildman–Crippen LogP) is 2.98. The van der Waals surface area contributed by atoms with Gasteiger partial charge in [0.15, 0.2) is 15.5 Å². The minimum Gasteiger partial charge on any atom is -0.490 e. The molecule has 26 heavy (non-hydrogen) atoms. The minimum atomic E-state index is -2.94. The summed E-state index contributed by atoms with van der Waals surface area (Å²) in [7, 11) is 0. The molecule has 0 saturated heterocycles. The SMILES string of the molecule is CCOC(=O)/C=c1\[nH]c(=S)s\c1=C/c1ccc(OC(F)F)c(OCC)c1. The molecule has 0 aliphatic carbocycles. The van der Waals surface area contributed by atoms with Crippen LogP contribution in [0.1, 0.15) is 19.4 Å². The fourth-order valence-corrected chi connectivity index (χ4v) is 3.25. The Labute approximate surface area is 157 Å². The van der Waals surface area contributed by atoms with Gasteiger partial charge < -0.3 is 19.2 Å². The number of hydrogen-bond acceptors (Lipinski definition) is 6. The number of hydrogen-bond donors (Lipinski definition) is 1. The molecule has 0 amide bonds. The largest absolute Gasteiger partial charge is 0.490 e. The molecule has 0 unspecified atom stereocenters. The number of aromatic amines is 1. The molecule has 2 rings (SSSR count). The van der Waals surface area contributed by atoms with Gasteiger partial charge in [-0.1, -0.05) is 6.07 Å². The van der Waals surface area contributed by atoms with Gasteiger partial charge in [-0.3, -0.25) is 0 Å². The van der Waals surface area contributed by atoms with Crippen molar-refractivity contribution in [3.8, 4) is 11.5 Å². The van der Waals surface area contributed by atoms with Gasteiger partial charge in [0, 0.05) is 6.08 Å². The summed E-state index contributed by atoms with van der Waals surface area (Å²) in [5.41, 5.74) is 0.679. The lowest BCUT2D eigenvalue weighted by Crippen LogP contribution is -2.23. The highest BCUT2D eigenvalue weighted by atomic mass is 32.1. The first kappa shape index (κ1) is 20.1. The van der Waals surface area contributed by atoms with E-state index in [1.807, 2.05) is 0 Å². The summed E-state index contributed by atoms with van der Waals surface area (Å²) < 4.78 is 40.9. The molecule has 0 saturated carbocycles. The number of carbonyl (C=O) groups excluding carboxylic acids is 1. The fourth-order valence-electron chi connectivity index (χ4n) is 2.10. The average Bonchev–Trinajstić information content (AvgIpc) is 2.89. The molecule has 0 bridgehead atoms. The molecular weight excluding hydrogens is 384 g/mol. The number of aromatic nitrogens is 1. The summed E-state index contributed by atoms with van der Waals surface area (Å²) in [6, 6.07) is 4.60. The Morgan fingerprint density at radius 1 is 1.31 bits per heavy atom. The molecule has 1 aromatic carbocycles. The number of thiazole rings is 1. The van der Waals surface area contributed by atoms with Gasteiger partial charge in [-0.05, 0) is 49.8 Å². The molecule has 2 aromatic rings. The Morgan fingerprint density at radius 3 is 2.73 bits per heavy atom. The zero-order chi connectivity index (χ0) is 19.1. The van der Waals surface area contributed by atoms with Crippen molar-refractivity contribution < 1.29 is 27.8 Å². The van der Waals surface area contributed by atoms with Gasteiger partial charge >= 0.3 is 12.6 Å². The van der Waals surface area contributed by atoms with E-state index in [0.717, 1.165) is 0 Å². The van der Waals surface area contributed by atoms with Crippen LogP contribution >= 0.6 is 23.6 Å². The Balaban J connectivity index is 2.48. The normalized spacial score (nSPS) is 12.5. The Hall–Kier alpha value is -2.26. The van der Waals surface area contributed by atoms with Crippen molar-refractivity contribution in [1.29, 1.82) is 0 Å². The maximum Gasteiger partial charge on any atom is 0.387 e. The van der Waals surface area contributed by atoms with Crippen molar-refractivity contribution in [2.45, 2.75) is 20.5 Å². The van der Waals surface area contributed by atoms with Crippen LogP contribution in [0.5, 0.6) is 11.5 Å². The van der Waals surface area contributed by atoms with Crippen molar-refractivity contribution in [1.82, 2.24) is 4.98 Å². The van der Waals surface area contributed by atoms with Crippen LogP contribution in [0.3, 0.4) is 0 Å². The Morgan fingerprint density at radius 2 is 2.08 bits per heavy atom. The first-order valence-corrected chi connectivity index (χ1v) is 8.96. The molecule has 0 atom stereocenters. The van der Waals surface area contributed by atoms with E-state index in [-0.39, 0.29) is 18.1 Å². The van der Waals surface area contributed by atoms with E-state index in [2.05, 4.69) is 9.72 Å². The summed E-state index contributed by atoms with van der Waals surface area (Å²) in [4.78, 5) is 14.6. The van der Waals surface area contributed by atoms with E-state index in [1.54, 1.807) is 32.1 Å². The van der Waals surface area contributed by atoms with Crippen molar-refractivity contribution in [3.63, 3.8) is 0 Å². The molecule has 0 fully saturated rings. The van der Waals surface area contributed by atoms with E-state index < -0.39 is 12.6 Å². The van der Waals surface area contributed by atoms with Crippen LogP contribution in [0.2, 0.25) is 0 Å². The molecule has 9 heteroatoms. The lowest BCUT2D eigenvalue weighted by atomic mass is 10.2. The third-order valence-corrected chi connectivity index (χ3v) is 4.23. The highest BCUT2D eigenvalue weighted by Gasteiger charge is 2.11. The molecule has 1 aromatic heterocycles. The number of carbonyl (C=O) groups is 1. The van der Waals surface area contributed by atoms with E-state index in [9.17, 15) is 13.6 Å². The number of nitrogens with one attached hydrogen (secondary N) is 1. The van der Waals surface area contributed by atoms with Gasteiger partial charge in [-0.25, -0.2) is 4.79 Å². The van der Waals surface area contributed by atoms with Crippen LogP contribution in [0.4, 0.5) is 8.78 Å². The third-order valence-electron chi connectivity index (χ3n) is 3.04. The van der Waals surface area contributed by atoms with Crippen LogP contribution in [0.25, 0.3) is 12.2 Å². The average molecular weight is 401 g/mol. The first-order chi connectivity index (χ1) is 12.4. The van der Waals surface area contributed by atoms with Crippen molar-refractivity contribution in [2.75, 3.05) is 13.2 Å². The standard InChI is InChI=1S/C17H17F2NO4S2/c1-3-22-13-7-10(5-6-12(13)24-16(18)19)8-14-11(20-17(25)26-14)9-15(21)23-4-2/h5-9,16H,3-4H2,1-2H3,(H,20,25)/b11-9-,14-8-. The van der Waals surface area contributed by atoms with Crippen molar-refractivity contribution in [3.05, 3.63) is 37.6 Å². The van der Waals surface area contributed by atoms with Gasteiger partial charge in [0.1, 0.15) is 0 Å². The molecule has 0 radical (unpaired) electrons. The molecule has 0 aliphatic rings. The predicted molar refractivity (Wildman–Crippen MR) is 97.7 cm³/mol. The van der Waals surface area contributed by atoms with Gasteiger partial charge in [0.05, 0.1) is 23.1 Å². The summed E-state index contributed by atoms with van der Waals surface area (Å²) in [5, 5.41) is 0.518. The van der Waals surface area contributed by atoms with E-state index >= 15 is 0 Å². The highest BCUT2D eigenvalue weighted by Crippen LogP contribution is 2.30. The molecule has 5 nitrogen and oxygen atoms in total. The fraction of sp³-hybridized carbons (Fsp3) is 0.294. The van der Waals surface area contributed by atoms with Gasteiger partial charge in [0.25, 0.3) is 0 Å². The van der Waals surface area contributed by atoms with Crippen LogP contribution < -0.4 is 19.4 Å². The zero-order valence-electron chi connectivity index (χ0n) is 14.1. The van der Waals surface area contributed by atoms with E-state index in [0.29, 0.717) is 26.0 Å². The maximum absolute atomic E-state index is 12.5. The number of ether oxygens (including phenoxy) is 3. The smallest absolute Gasteiger partial charge is 0.387 e. The quantitative estimate of drug-likeness (QED) is 0.571. The topological polar surface area (TPSA) is 60.6 Å². The van der Waals surface area contributed by atoms with E-state index in [1.165, 1.54) is 23.5 Å². The lowest BCUT2D eigenvalue weighted by molar-refractivity contribution is -0.135. The highest BCUT2D eigenvalue weighted by molar-refractivity contribution is 7.73. The number of rotatable bonds is 7. The second-order valence-electron chi connectivity index (χ2n) is 4.85. The number of H-pyrrole nitrogens is 1. The minimum absolute atomic E-state index is 0.0426. The monoisotopic (exact) mass is 401 g/mol. The van der Waals surface area contributed by atoms with Crippen molar-refractivity contribution in [2.24, 2.45) is 0 Å². The molecule has 0 spiro atoms. The van der Waals surface area contributed by atoms with Gasteiger partial charge in [0.2, 0.25) is 0 Å². The summed E-state index contributed by atoms with van der Waals surface area (Å²) in [6.07, 6.45) is 3.08. The van der Waals surface area contributed by atoms with Gasteiger partial charge in [-0.2, -0.15) is 8.78 Å². The molecule has 140 valence electrons. The summed E-state index contributed by atoms with van der Waals surface area (Å²) >= 11 is 6.41. The van der Waals surface area contributed by atoms with E-state index in [4.69, 9.17) is 21.7 Å². The molecule has 1 heterocycles. The Kier molecular flexibility index (Phi) is 7.28. The second kappa shape index (κ2) is 9.44. The van der Waals surface area contributed by atoms with Crippen LogP contribution in [0, 0.1) is 3.95 Å². The summed E-state index contributed by atoms with van der Waals surface area (Å²) in [5.74, 6) is -0.322. The van der Waals surface area contributed by atoms with Crippen molar-refractivity contribution >= 4 is 41.7 Å². The summed E-state index contributed by atoms with van der Waals surface area (Å²) in [6.45, 7) is 1.08. The number of esters is 1. The van der Waals surface area contributed by atoms with Crippen LogP contribution in [0.15, 0.2) is 18.2 Å². The molecule has 0 aliphatic heterocycles. The maximum atomic E-state index is 12.5. The number of halogens is 2. The van der Waals surface area contributed by atoms with Crippen LogP contribution in [-0.4, -0.2) is 30.8 Å². The van der Waals surface area contributed by atoms with Crippen LogP contribution in [-0.2, 0) is 9.53 Å². The molecule has 1 N–H and O–H groups in total. The number of alkyl halides is 2.